The minimum atomic E-state index is 0.875. The monoisotopic (exact) mass is 193 g/mol. The topological polar surface area (TPSA) is 12.0 Å². The number of rotatable bonds is 0. The minimum absolute atomic E-state index is 0.875. The van der Waals surface area contributed by atoms with Gasteiger partial charge in [0.1, 0.15) is 0 Å². The lowest BCUT2D eigenvalue weighted by atomic mass is 10.0. The van der Waals surface area contributed by atoms with Crippen LogP contribution >= 0.6 is 0 Å². The Hall–Kier alpha value is -1.76. The van der Waals surface area contributed by atoms with Crippen LogP contribution in [0.15, 0.2) is 48.5 Å². The Kier molecular flexibility index (Phi) is 1.95. The van der Waals surface area contributed by atoms with Gasteiger partial charge in [0.15, 0.2) is 0 Å². The first-order chi connectivity index (χ1) is 7.43. The molecule has 1 N–H and O–H groups in total. The lowest BCUT2D eigenvalue weighted by Crippen LogP contribution is -1.92. The highest BCUT2D eigenvalue weighted by molar-refractivity contribution is 5.70. The largest absolute Gasteiger partial charge is 0.355 e. The summed E-state index contributed by atoms with van der Waals surface area (Å²) in [5.74, 6) is 0. The van der Waals surface area contributed by atoms with Crippen LogP contribution in [0.25, 0.3) is 0 Å². The first kappa shape index (κ1) is 8.54. The van der Waals surface area contributed by atoms with Crippen molar-refractivity contribution >= 4 is 11.4 Å². The molecule has 2 radical (unpaired) electrons. The molecule has 0 fully saturated rings. The molecule has 0 aliphatic carbocycles. The molecular formula is C14H11N. The summed E-state index contributed by atoms with van der Waals surface area (Å²) in [5.41, 5.74) is 4.79. The van der Waals surface area contributed by atoms with Crippen LogP contribution < -0.4 is 5.32 Å². The highest BCUT2D eigenvalue weighted by atomic mass is 14.9. The van der Waals surface area contributed by atoms with E-state index in [1.54, 1.807) is 0 Å². The fraction of sp³-hybridized carbons (Fsp3) is 0.0714. The number of hydrogen-bond acceptors (Lipinski definition) is 1. The fourth-order valence-corrected chi connectivity index (χ4v) is 1.88. The lowest BCUT2D eigenvalue weighted by Gasteiger charge is -2.08. The molecule has 0 saturated carbocycles. The Morgan fingerprint density at radius 1 is 0.867 bits per heavy atom. The molecule has 1 nitrogen and oxygen atoms in total. The van der Waals surface area contributed by atoms with Crippen molar-refractivity contribution in [3.05, 3.63) is 66.1 Å². The number of nitrogens with one attached hydrogen (secondary N) is 1. The molecule has 0 unspecified atom stereocenters. The van der Waals surface area contributed by atoms with Gasteiger partial charge >= 0.3 is 0 Å². The minimum Gasteiger partial charge on any atom is -0.355 e. The Labute approximate surface area is 89.8 Å². The molecule has 72 valence electrons. The third-order valence-corrected chi connectivity index (χ3v) is 2.68. The summed E-state index contributed by atoms with van der Waals surface area (Å²) < 4.78 is 0. The van der Waals surface area contributed by atoms with Crippen LogP contribution in [0.3, 0.4) is 0 Å². The van der Waals surface area contributed by atoms with Gasteiger partial charge in [-0.25, -0.2) is 0 Å². The summed E-state index contributed by atoms with van der Waals surface area (Å²) in [6.07, 6.45) is 4.29. The summed E-state index contributed by atoms with van der Waals surface area (Å²) >= 11 is 0. The van der Waals surface area contributed by atoms with Gasteiger partial charge in [0.25, 0.3) is 0 Å². The summed E-state index contributed by atoms with van der Waals surface area (Å²) in [7, 11) is 0. The molecule has 15 heavy (non-hydrogen) atoms. The van der Waals surface area contributed by atoms with Crippen LogP contribution in [0.4, 0.5) is 11.4 Å². The first-order valence-corrected chi connectivity index (χ1v) is 5.11. The molecule has 0 saturated heterocycles. The summed E-state index contributed by atoms with van der Waals surface area (Å²) in [6.45, 7) is 0. The zero-order chi connectivity index (χ0) is 10.1. The Morgan fingerprint density at radius 2 is 1.60 bits per heavy atom. The van der Waals surface area contributed by atoms with E-state index in [0.717, 1.165) is 17.7 Å². The highest BCUT2D eigenvalue weighted by Crippen LogP contribution is 2.30. The Morgan fingerprint density at radius 3 is 2.53 bits per heavy atom. The summed E-state index contributed by atoms with van der Waals surface area (Å²) in [4.78, 5) is 0. The molecule has 1 aliphatic heterocycles. The van der Waals surface area contributed by atoms with E-state index in [9.17, 15) is 0 Å². The van der Waals surface area contributed by atoms with Gasteiger partial charge in [-0.15, -0.1) is 0 Å². The van der Waals surface area contributed by atoms with Crippen LogP contribution in [0.5, 0.6) is 0 Å². The van der Waals surface area contributed by atoms with E-state index in [0.29, 0.717) is 0 Å². The zero-order valence-corrected chi connectivity index (χ0v) is 8.33. The number of hydrogen-bond donors (Lipinski definition) is 1. The molecule has 1 heterocycles. The molecular weight excluding hydrogens is 182 g/mol. The second kappa shape index (κ2) is 3.43. The van der Waals surface area contributed by atoms with E-state index in [2.05, 4.69) is 48.1 Å². The summed E-state index contributed by atoms with van der Waals surface area (Å²) in [5, 5.41) is 3.44. The highest BCUT2D eigenvalue weighted by Gasteiger charge is 2.11. The van der Waals surface area contributed by atoms with Gasteiger partial charge in [-0.3, -0.25) is 0 Å². The molecule has 3 rings (SSSR count). The van der Waals surface area contributed by atoms with Gasteiger partial charge in [-0.1, -0.05) is 36.4 Å². The van der Waals surface area contributed by atoms with Crippen molar-refractivity contribution < 1.29 is 0 Å². The number of para-hydroxylation sites is 2. The molecule has 0 bridgehead atoms. The molecule has 2 aromatic carbocycles. The van der Waals surface area contributed by atoms with E-state index in [-0.39, 0.29) is 0 Å². The first-order valence-electron chi connectivity index (χ1n) is 5.11. The molecule has 0 spiro atoms. The van der Waals surface area contributed by atoms with Crippen LogP contribution in [-0.4, -0.2) is 0 Å². The number of benzene rings is 2. The van der Waals surface area contributed by atoms with Gasteiger partial charge in [0.2, 0.25) is 0 Å². The Balaban J connectivity index is 2.10. The van der Waals surface area contributed by atoms with Crippen molar-refractivity contribution in [2.45, 2.75) is 6.42 Å². The van der Waals surface area contributed by atoms with Gasteiger partial charge < -0.3 is 5.32 Å². The normalized spacial score (nSPS) is 13.3. The molecule has 0 atom stereocenters. The van der Waals surface area contributed by atoms with E-state index in [1.807, 2.05) is 12.1 Å². The molecule has 2 aromatic rings. The van der Waals surface area contributed by atoms with Gasteiger partial charge in [-0.2, -0.15) is 0 Å². The average molecular weight is 193 g/mol. The van der Waals surface area contributed by atoms with Gasteiger partial charge in [-0.05, 0) is 29.7 Å². The van der Waals surface area contributed by atoms with E-state index in [4.69, 9.17) is 0 Å². The van der Waals surface area contributed by atoms with E-state index in [1.165, 1.54) is 11.3 Å². The molecule has 1 aliphatic rings. The second-order valence-electron chi connectivity index (χ2n) is 3.68. The van der Waals surface area contributed by atoms with E-state index < -0.39 is 0 Å². The maximum atomic E-state index is 3.44. The maximum absolute atomic E-state index is 3.44. The quantitative estimate of drug-likeness (QED) is 0.676. The Bertz CT molecular complexity index is 443. The van der Waals surface area contributed by atoms with Crippen LogP contribution in [-0.2, 0) is 6.42 Å². The predicted molar refractivity (Wildman–Crippen MR) is 62.2 cm³/mol. The van der Waals surface area contributed by atoms with Crippen molar-refractivity contribution in [1.29, 1.82) is 0 Å². The average Bonchev–Trinajstić information content (AvgIpc) is 2.48. The zero-order valence-electron chi connectivity index (χ0n) is 8.33. The van der Waals surface area contributed by atoms with Crippen molar-refractivity contribution in [2.24, 2.45) is 0 Å². The van der Waals surface area contributed by atoms with Crippen LogP contribution in [0, 0.1) is 6.42 Å². The van der Waals surface area contributed by atoms with Crippen LogP contribution in [0.1, 0.15) is 11.1 Å². The van der Waals surface area contributed by atoms with Crippen molar-refractivity contribution in [3.8, 4) is 0 Å². The van der Waals surface area contributed by atoms with Crippen molar-refractivity contribution in [3.63, 3.8) is 0 Å². The molecule has 0 aromatic heterocycles. The number of fused-ring (bicyclic) bond motifs is 2. The smallest absolute Gasteiger partial charge is 0.0423 e. The molecule has 1 heteroatoms. The third-order valence-electron chi connectivity index (χ3n) is 2.68. The SMILES string of the molecule is [C]1Cc2ccccc2Nc2ccccc21. The third kappa shape index (κ3) is 1.50. The standard InChI is InChI=1S/C14H11N/c1-3-7-13-11(5-1)9-10-12-6-2-4-8-14(12)15-13/h1-8,15H,9H2. The van der Waals surface area contributed by atoms with Crippen molar-refractivity contribution in [1.82, 2.24) is 0 Å². The van der Waals surface area contributed by atoms with Gasteiger partial charge in [0.05, 0.1) is 0 Å². The van der Waals surface area contributed by atoms with Crippen LogP contribution in [0.2, 0.25) is 0 Å². The second-order valence-corrected chi connectivity index (χ2v) is 3.68. The lowest BCUT2D eigenvalue weighted by molar-refractivity contribution is 1.19. The molecule has 0 amide bonds. The summed E-state index contributed by atoms with van der Waals surface area (Å²) in [6, 6.07) is 16.6. The fourth-order valence-electron chi connectivity index (χ4n) is 1.88. The maximum Gasteiger partial charge on any atom is 0.0423 e. The van der Waals surface area contributed by atoms with E-state index >= 15 is 0 Å². The predicted octanol–water partition coefficient (Wildman–Crippen LogP) is 3.42. The van der Waals surface area contributed by atoms with Crippen molar-refractivity contribution in [2.75, 3.05) is 5.32 Å². The van der Waals surface area contributed by atoms with Gasteiger partial charge in [0, 0.05) is 17.8 Å². The number of anilines is 2.